The van der Waals surface area contributed by atoms with Crippen LogP contribution >= 0.6 is 0 Å². The van der Waals surface area contributed by atoms with E-state index >= 15 is 0 Å². The number of rotatable bonds is 5. The molecule has 4 heteroatoms. The molecule has 112 valence electrons. The van der Waals surface area contributed by atoms with E-state index in [-0.39, 0.29) is 0 Å². The van der Waals surface area contributed by atoms with Crippen molar-refractivity contribution in [3.05, 3.63) is 0 Å². The van der Waals surface area contributed by atoms with E-state index in [0.29, 0.717) is 6.04 Å². The van der Waals surface area contributed by atoms with Crippen molar-refractivity contribution >= 4 is 0 Å². The van der Waals surface area contributed by atoms with Crippen molar-refractivity contribution in [3.8, 4) is 0 Å². The van der Waals surface area contributed by atoms with Gasteiger partial charge in [-0.05, 0) is 58.8 Å². The lowest BCUT2D eigenvalue weighted by molar-refractivity contribution is 0.0631. The first kappa shape index (κ1) is 15.2. The van der Waals surface area contributed by atoms with Crippen molar-refractivity contribution < 1.29 is 0 Å². The van der Waals surface area contributed by atoms with Crippen LogP contribution in [0.15, 0.2) is 0 Å². The molecule has 0 saturated carbocycles. The van der Waals surface area contributed by atoms with Gasteiger partial charge >= 0.3 is 0 Å². The van der Waals surface area contributed by atoms with Gasteiger partial charge in [0.15, 0.2) is 0 Å². The van der Waals surface area contributed by atoms with Gasteiger partial charge in [-0.2, -0.15) is 0 Å². The molecule has 19 heavy (non-hydrogen) atoms. The fourth-order valence-corrected chi connectivity index (χ4v) is 3.32. The molecule has 1 atom stereocenters. The lowest BCUT2D eigenvalue weighted by atomic mass is 9.90. The second-order valence-electron chi connectivity index (χ2n) is 6.39. The lowest BCUT2D eigenvalue weighted by Crippen LogP contribution is -2.55. The molecule has 0 bridgehead atoms. The molecule has 0 aromatic carbocycles. The normalized spacial score (nSPS) is 26.7. The zero-order valence-electron chi connectivity index (χ0n) is 13.1. The van der Waals surface area contributed by atoms with Crippen molar-refractivity contribution in [1.82, 2.24) is 20.2 Å². The van der Waals surface area contributed by atoms with E-state index in [9.17, 15) is 0 Å². The average Bonchev–Trinajstić information content (AvgIpc) is 2.42. The molecule has 0 aliphatic carbocycles. The summed E-state index contributed by atoms with van der Waals surface area (Å²) in [5.41, 5.74) is 3.74. The van der Waals surface area contributed by atoms with Gasteiger partial charge in [0.25, 0.3) is 0 Å². The Morgan fingerprint density at radius 1 is 1.05 bits per heavy atom. The van der Waals surface area contributed by atoms with Crippen LogP contribution in [0.2, 0.25) is 0 Å². The molecule has 1 unspecified atom stereocenters. The molecule has 0 spiro atoms. The van der Waals surface area contributed by atoms with Crippen molar-refractivity contribution in [3.63, 3.8) is 0 Å². The van der Waals surface area contributed by atoms with Crippen LogP contribution in [0.4, 0.5) is 0 Å². The second-order valence-corrected chi connectivity index (χ2v) is 6.39. The summed E-state index contributed by atoms with van der Waals surface area (Å²) in [5, 5.41) is 2.43. The van der Waals surface area contributed by atoms with E-state index in [2.05, 4.69) is 41.1 Å². The Hall–Kier alpha value is -0.160. The highest BCUT2D eigenvalue weighted by molar-refractivity contribution is 4.80. The molecule has 2 aliphatic rings. The molecule has 2 rings (SSSR count). The summed E-state index contributed by atoms with van der Waals surface area (Å²) in [5.74, 6) is 0.854. The van der Waals surface area contributed by atoms with Gasteiger partial charge in [0.1, 0.15) is 0 Å². The fourth-order valence-electron chi connectivity index (χ4n) is 3.32. The second kappa shape index (κ2) is 7.58. The zero-order chi connectivity index (χ0) is 13.7. The number of piperazine rings is 1. The van der Waals surface area contributed by atoms with Gasteiger partial charge < -0.3 is 9.80 Å². The van der Waals surface area contributed by atoms with Gasteiger partial charge in [-0.25, -0.2) is 5.01 Å². The topological polar surface area (TPSA) is 21.8 Å². The van der Waals surface area contributed by atoms with Crippen LogP contribution in [0.1, 0.15) is 33.1 Å². The van der Waals surface area contributed by atoms with Gasteiger partial charge in [-0.3, -0.25) is 5.43 Å². The molecule has 0 radical (unpaired) electrons. The van der Waals surface area contributed by atoms with Crippen LogP contribution in [-0.2, 0) is 0 Å². The predicted octanol–water partition coefficient (Wildman–Crippen LogP) is 1.25. The Balaban J connectivity index is 1.68. The molecular weight excluding hydrogens is 236 g/mol. The Kier molecular flexibility index (Phi) is 6.07. The van der Waals surface area contributed by atoms with Crippen molar-refractivity contribution in [2.75, 3.05) is 52.9 Å². The highest BCUT2D eigenvalue weighted by Crippen LogP contribution is 2.21. The smallest absolute Gasteiger partial charge is 0.0259 e. The van der Waals surface area contributed by atoms with Crippen LogP contribution in [0.5, 0.6) is 0 Å². The van der Waals surface area contributed by atoms with E-state index in [4.69, 9.17) is 0 Å². The number of likely N-dealkylation sites (N-methyl/N-ethyl adjacent to an activating group) is 1. The lowest BCUT2D eigenvalue weighted by Gasteiger charge is -2.39. The van der Waals surface area contributed by atoms with E-state index in [1.807, 2.05) is 0 Å². The number of likely N-dealkylation sites (tertiary alicyclic amines) is 1. The number of nitrogens with zero attached hydrogens (tertiary/aromatic N) is 3. The zero-order valence-corrected chi connectivity index (χ0v) is 13.1. The molecule has 2 saturated heterocycles. The third-order valence-electron chi connectivity index (χ3n) is 4.77. The molecule has 0 aromatic rings. The van der Waals surface area contributed by atoms with Crippen molar-refractivity contribution in [2.45, 2.75) is 39.2 Å². The van der Waals surface area contributed by atoms with Crippen LogP contribution < -0.4 is 5.43 Å². The largest absolute Gasteiger partial charge is 0.304 e. The Bertz CT molecular complexity index is 243. The van der Waals surface area contributed by atoms with E-state index in [0.717, 1.165) is 19.0 Å². The molecule has 2 fully saturated rings. The number of hydrogen-bond acceptors (Lipinski definition) is 4. The SMILES string of the molecule is CCCN1CCC(C(C)NN2CCN(C)CC2)CC1. The van der Waals surface area contributed by atoms with Crippen LogP contribution in [-0.4, -0.2) is 73.7 Å². The molecular formula is C15H32N4. The van der Waals surface area contributed by atoms with Crippen molar-refractivity contribution in [2.24, 2.45) is 5.92 Å². The third kappa shape index (κ3) is 4.71. The number of hydrogen-bond donors (Lipinski definition) is 1. The minimum atomic E-state index is 0.632. The maximum absolute atomic E-state index is 3.74. The maximum atomic E-state index is 3.74. The fraction of sp³-hybridized carbons (Fsp3) is 1.00. The summed E-state index contributed by atoms with van der Waals surface area (Å²) >= 11 is 0. The van der Waals surface area contributed by atoms with E-state index in [1.165, 1.54) is 52.0 Å². The third-order valence-corrected chi connectivity index (χ3v) is 4.77. The van der Waals surface area contributed by atoms with Crippen LogP contribution in [0.25, 0.3) is 0 Å². The van der Waals surface area contributed by atoms with Gasteiger partial charge in [0.2, 0.25) is 0 Å². The highest BCUT2D eigenvalue weighted by atomic mass is 15.5. The number of hydrazine groups is 1. The van der Waals surface area contributed by atoms with E-state index in [1.54, 1.807) is 0 Å². The summed E-state index contributed by atoms with van der Waals surface area (Å²) in [6.07, 6.45) is 4.02. The first-order valence-corrected chi connectivity index (χ1v) is 8.11. The molecule has 0 amide bonds. The van der Waals surface area contributed by atoms with Gasteiger partial charge in [0.05, 0.1) is 0 Å². The maximum Gasteiger partial charge on any atom is 0.0259 e. The number of piperidine rings is 1. The van der Waals surface area contributed by atoms with Gasteiger partial charge in [-0.15, -0.1) is 0 Å². The monoisotopic (exact) mass is 268 g/mol. The summed E-state index contributed by atoms with van der Waals surface area (Å²) in [4.78, 5) is 5.03. The summed E-state index contributed by atoms with van der Waals surface area (Å²) in [6.45, 7) is 13.2. The van der Waals surface area contributed by atoms with Crippen LogP contribution in [0, 0.1) is 5.92 Å². The molecule has 0 aromatic heterocycles. The van der Waals surface area contributed by atoms with Gasteiger partial charge in [-0.1, -0.05) is 6.92 Å². The molecule has 1 N–H and O–H groups in total. The van der Waals surface area contributed by atoms with Gasteiger partial charge in [0, 0.05) is 32.2 Å². The Morgan fingerprint density at radius 2 is 1.68 bits per heavy atom. The first-order chi connectivity index (χ1) is 9.19. The standard InChI is InChI=1S/C15H32N4/c1-4-7-18-8-5-15(6-9-18)14(2)16-19-12-10-17(3)11-13-19/h14-16H,4-13H2,1-3H3. The summed E-state index contributed by atoms with van der Waals surface area (Å²) in [6, 6.07) is 0.632. The van der Waals surface area contributed by atoms with Crippen molar-refractivity contribution in [1.29, 1.82) is 0 Å². The summed E-state index contributed by atoms with van der Waals surface area (Å²) < 4.78 is 0. The minimum absolute atomic E-state index is 0.632. The Labute approximate surface area is 119 Å². The number of nitrogens with one attached hydrogen (secondary N) is 1. The quantitative estimate of drug-likeness (QED) is 0.810. The Morgan fingerprint density at radius 3 is 2.26 bits per heavy atom. The minimum Gasteiger partial charge on any atom is -0.304 e. The highest BCUT2D eigenvalue weighted by Gasteiger charge is 2.25. The van der Waals surface area contributed by atoms with E-state index < -0.39 is 0 Å². The molecule has 2 aliphatic heterocycles. The molecule has 4 nitrogen and oxygen atoms in total. The summed E-state index contributed by atoms with van der Waals surface area (Å²) in [7, 11) is 2.21. The first-order valence-electron chi connectivity index (χ1n) is 8.11. The van der Waals surface area contributed by atoms with Crippen LogP contribution in [0.3, 0.4) is 0 Å². The molecule has 2 heterocycles. The predicted molar refractivity (Wildman–Crippen MR) is 81.1 cm³/mol. The average molecular weight is 268 g/mol.